The molecule has 204 valence electrons. The summed E-state index contributed by atoms with van der Waals surface area (Å²) >= 11 is 0. The summed E-state index contributed by atoms with van der Waals surface area (Å²) in [6.07, 6.45) is 3.70. The molecule has 2 aromatic rings. The topological polar surface area (TPSA) is 212 Å². The highest BCUT2D eigenvalue weighted by Crippen LogP contribution is 2.29. The smallest absolute Gasteiger partial charge is 0.296 e. The van der Waals surface area contributed by atoms with Gasteiger partial charge in [-0.3, -0.25) is 9.11 Å². The Hall–Kier alpha value is -2.64. The molecule has 15 nitrogen and oxygen atoms in total. The van der Waals surface area contributed by atoms with E-state index in [0.717, 1.165) is 43.9 Å². The summed E-state index contributed by atoms with van der Waals surface area (Å²) in [4.78, 5) is 13.8. The molecule has 2 atom stereocenters. The summed E-state index contributed by atoms with van der Waals surface area (Å²) in [6.45, 7) is 3.08. The first-order chi connectivity index (χ1) is 17.3. The fourth-order valence-electron chi connectivity index (χ4n) is 4.08. The van der Waals surface area contributed by atoms with E-state index in [-0.39, 0.29) is 48.5 Å². The normalized spacial score (nSPS) is 21.4. The molecule has 0 saturated carbocycles. The summed E-state index contributed by atoms with van der Waals surface area (Å²) in [5, 5.41) is 5.55. The van der Waals surface area contributed by atoms with Crippen molar-refractivity contribution in [3.8, 4) is 0 Å². The van der Waals surface area contributed by atoms with Crippen LogP contribution < -0.4 is 15.5 Å². The van der Waals surface area contributed by atoms with Crippen LogP contribution in [-0.2, 0) is 30.3 Å². The maximum atomic E-state index is 11.9. The molecule has 18 heteroatoms. The van der Waals surface area contributed by atoms with Crippen molar-refractivity contribution < 1.29 is 34.4 Å². The van der Waals surface area contributed by atoms with Gasteiger partial charge in [-0.15, -0.1) is 0 Å². The third-order valence-corrected chi connectivity index (χ3v) is 9.22. The lowest BCUT2D eigenvalue weighted by Gasteiger charge is -2.35. The number of aromatic nitrogens is 3. The Labute approximate surface area is 214 Å². The molecular weight excluding hydrogens is 550 g/mol. The van der Waals surface area contributed by atoms with Crippen LogP contribution in [0, 0.1) is 0 Å². The summed E-state index contributed by atoms with van der Waals surface area (Å²) < 4.78 is 90.2. The molecule has 2 aliphatic heterocycles. The predicted molar refractivity (Wildman–Crippen MR) is 133 cm³/mol. The first-order valence-electron chi connectivity index (χ1n) is 11.4. The number of hydrogen-bond acceptors (Lipinski definition) is 12. The van der Waals surface area contributed by atoms with Gasteiger partial charge in [-0.25, -0.2) is 8.42 Å². The van der Waals surface area contributed by atoms with Gasteiger partial charge in [-0.05, 0) is 43.9 Å². The average molecular weight is 578 g/mol. The van der Waals surface area contributed by atoms with Gasteiger partial charge < -0.3 is 15.5 Å². The maximum absolute atomic E-state index is 11.9. The number of benzene rings is 1. The molecule has 0 bridgehead atoms. The third-order valence-electron chi connectivity index (χ3n) is 6.02. The highest BCUT2D eigenvalue weighted by Gasteiger charge is 2.39. The number of piperidine rings is 1. The van der Waals surface area contributed by atoms with Crippen molar-refractivity contribution in [3.05, 3.63) is 18.2 Å². The number of hydrogen-bond donors (Lipinski definition) is 4. The zero-order valence-electron chi connectivity index (χ0n) is 19.8. The minimum Gasteiger partial charge on any atom is -0.353 e. The van der Waals surface area contributed by atoms with Crippen LogP contribution in [0.5, 0.6) is 0 Å². The van der Waals surface area contributed by atoms with Crippen LogP contribution in [0.2, 0.25) is 0 Å². The van der Waals surface area contributed by atoms with Crippen LogP contribution in [0.4, 0.5) is 23.5 Å². The molecule has 1 aromatic carbocycles. The molecular formula is C19H27N7O8S3. The van der Waals surface area contributed by atoms with Gasteiger partial charge in [0.15, 0.2) is 0 Å². The lowest BCUT2D eigenvalue weighted by atomic mass is 10.0. The number of nitrogens with zero attached hydrogens (tertiary/aromatic N) is 5. The molecule has 4 rings (SSSR count). The number of rotatable bonds is 10. The van der Waals surface area contributed by atoms with Crippen molar-refractivity contribution in [1.82, 2.24) is 19.3 Å². The van der Waals surface area contributed by atoms with E-state index in [4.69, 9.17) is 0 Å². The third kappa shape index (κ3) is 6.63. The lowest BCUT2D eigenvalue weighted by Crippen LogP contribution is -2.40. The molecule has 0 amide bonds. The van der Waals surface area contributed by atoms with Gasteiger partial charge in [0.2, 0.25) is 27.9 Å². The Kier molecular flexibility index (Phi) is 7.59. The van der Waals surface area contributed by atoms with Crippen molar-refractivity contribution in [1.29, 1.82) is 0 Å². The molecule has 0 spiro atoms. The molecule has 1 aromatic heterocycles. The van der Waals surface area contributed by atoms with Crippen LogP contribution in [-0.4, -0.2) is 85.2 Å². The molecule has 37 heavy (non-hydrogen) atoms. The van der Waals surface area contributed by atoms with Gasteiger partial charge in [0.1, 0.15) is 10.8 Å². The Bertz CT molecular complexity index is 1500. The summed E-state index contributed by atoms with van der Waals surface area (Å²) in [5.41, 5.74) is -0.387. The SMILES string of the molecule is CCC1CCCCN1c1nc(NCCN2CS2(=O)=O)nc(Nc2cc(S(=O)(=O)O)ccc2S(=O)(=O)O)n1. The van der Waals surface area contributed by atoms with Crippen LogP contribution in [0.3, 0.4) is 0 Å². The number of sulfonamides is 1. The second kappa shape index (κ2) is 10.3. The summed E-state index contributed by atoms with van der Waals surface area (Å²) in [5.74, 6) is 0.166. The predicted octanol–water partition coefficient (Wildman–Crippen LogP) is 0.892. The Morgan fingerprint density at radius 1 is 1.05 bits per heavy atom. The molecule has 4 N–H and O–H groups in total. The first-order valence-corrected chi connectivity index (χ1v) is 15.9. The van der Waals surface area contributed by atoms with E-state index in [2.05, 4.69) is 25.6 Å². The molecule has 2 fully saturated rings. The van der Waals surface area contributed by atoms with E-state index in [1.54, 1.807) is 0 Å². The monoisotopic (exact) mass is 577 g/mol. The quantitative estimate of drug-likeness (QED) is 0.228. The summed E-state index contributed by atoms with van der Waals surface area (Å²) in [6, 6.07) is 2.63. The largest absolute Gasteiger partial charge is 0.353 e. The highest BCUT2D eigenvalue weighted by molar-refractivity contribution is 7.95. The lowest BCUT2D eigenvalue weighted by molar-refractivity contribution is 0.443. The van der Waals surface area contributed by atoms with Crippen LogP contribution in [0.15, 0.2) is 28.0 Å². The fraction of sp³-hybridized carbons (Fsp3) is 0.526. The Balaban J connectivity index is 1.71. The molecule has 3 heterocycles. The molecule has 2 saturated heterocycles. The van der Waals surface area contributed by atoms with E-state index >= 15 is 0 Å². The number of anilines is 4. The average Bonchev–Trinajstić information content (AvgIpc) is 3.43. The summed E-state index contributed by atoms with van der Waals surface area (Å²) in [7, 11) is -12.6. The molecule has 0 aliphatic carbocycles. The molecule has 2 aliphatic rings. The minimum absolute atomic E-state index is 0.0294. The molecule has 2 unspecified atom stereocenters. The van der Waals surface area contributed by atoms with Gasteiger partial charge in [-0.2, -0.15) is 36.1 Å². The maximum Gasteiger partial charge on any atom is 0.296 e. The van der Waals surface area contributed by atoms with E-state index in [1.807, 2.05) is 11.8 Å². The minimum atomic E-state index is -4.80. The van der Waals surface area contributed by atoms with Crippen molar-refractivity contribution in [2.75, 3.05) is 41.0 Å². The van der Waals surface area contributed by atoms with Crippen molar-refractivity contribution >= 4 is 53.8 Å². The number of nitrogens with one attached hydrogen (secondary N) is 2. The standard InChI is InChI=1S/C19H27N7O8S3/c1-2-13-5-3-4-9-26(13)19-23-17(20-8-10-25-12-35(25,27)28)22-18(24-19)21-15-11-14(36(29,30)31)6-7-16(15)37(32,33)34/h6-7,11,13H,2-5,8-10,12H2,1H3,(H,29,30,31)(H,32,33,34)(H2,20,21,22,23,24). The van der Waals surface area contributed by atoms with Gasteiger partial charge >= 0.3 is 0 Å². The Morgan fingerprint density at radius 2 is 1.76 bits per heavy atom. The van der Waals surface area contributed by atoms with Gasteiger partial charge in [0.05, 0.1) is 10.6 Å². The van der Waals surface area contributed by atoms with Crippen LogP contribution >= 0.6 is 0 Å². The second-order valence-electron chi connectivity index (χ2n) is 8.61. The second-order valence-corrected chi connectivity index (χ2v) is 13.4. The zero-order chi connectivity index (χ0) is 27.0. The van der Waals surface area contributed by atoms with Gasteiger partial charge in [-0.1, -0.05) is 6.92 Å². The van der Waals surface area contributed by atoms with E-state index in [1.165, 1.54) is 4.31 Å². The van der Waals surface area contributed by atoms with Gasteiger partial charge in [0.25, 0.3) is 20.2 Å². The van der Waals surface area contributed by atoms with Crippen LogP contribution in [0.25, 0.3) is 0 Å². The van der Waals surface area contributed by atoms with Crippen molar-refractivity contribution in [2.45, 2.75) is 48.4 Å². The highest BCUT2D eigenvalue weighted by atomic mass is 32.2. The first kappa shape index (κ1) is 27.4. The van der Waals surface area contributed by atoms with E-state index in [0.29, 0.717) is 6.54 Å². The van der Waals surface area contributed by atoms with Crippen molar-refractivity contribution in [3.63, 3.8) is 0 Å². The van der Waals surface area contributed by atoms with Gasteiger partial charge in [0, 0.05) is 25.7 Å². The van der Waals surface area contributed by atoms with E-state index in [9.17, 15) is 34.4 Å². The van der Waals surface area contributed by atoms with E-state index < -0.39 is 40.1 Å². The van der Waals surface area contributed by atoms with Crippen molar-refractivity contribution in [2.24, 2.45) is 0 Å². The molecule has 0 radical (unpaired) electrons. The fourth-order valence-corrected chi connectivity index (χ4v) is 6.29. The zero-order valence-corrected chi connectivity index (χ0v) is 22.2. The van der Waals surface area contributed by atoms with Crippen LogP contribution in [0.1, 0.15) is 32.6 Å². The Morgan fingerprint density at radius 3 is 2.38 bits per heavy atom.